The molecule has 0 aliphatic heterocycles. The van der Waals surface area contributed by atoms with Crippen molar-refractivity contribution < 1.29 is 0 Å². The first-order valence-electron chi connectivity index (χ1n) is 3.87. The van der Waals surface area contributed by atoms with Gasteiger partial charge in [0, 0.05) is 0 Å². The lowest BCUT2D eigenvalue weighted by Crippen LogP contribution is -2.10. The molecular formula is C6H6N8. The lowest BCUT2D eigenvalue weighted by Gasteiger charge is -1.92. The van der Waals surface area contributed by atoms with Crippen LogP contribution in [0.25, 0.3) is 22.1 Å². The van der Waals surface area contributed by atoms with Gasteiger partial charge in [-0.2, -0.15) is 9.58 Å². The van der Waals surface area contributed by atoms with E-state index < -0.39 is 0 Å². The summed E-state index contributed by atoms with van der Waals surface area (Å²) in [6, 6.07) is 3.47. The fourth-order valence-electron chi connectivity index (χ4n) is 1.37. The number of hydrogen-bond acceptors (Lipinski definition) is 6. The van der Waals surface area contributed by atoms with E-state index in [1.54, 1.807) is 12.1 Å². The van der Waals surface area contributed by atoms with Crippen LogP contribution in [0, 0.1) is 0 Å². The highest BCUT2D eigenvalue weighted by Gasteiger charge is 2.08. The normalized spacial score (nSPS) is 11.4. The number of nitrogens with two attached hydrogens (primary N) is 2. The maximum atomic E-state index is 5.53. The van der Waals surface area contributed by atoms with Crippen LogP contribution in [0.1, 0.15) is 0 Å². The third-order valence-corrected chi connectivity index (χ3v) is 2.06. The van der Waals surface area contributed by atoms with Crippen molar-refractivity contribution in [3.05, 3.63) is 12.1 Å². The summed E-state index contributed by atoms with van der Waals surface area (Å²) in [5.74, 6) is 11.1. The van der Waals surface area contributed by atoms with Crippen LogP contribution < -0.4 is 11.7 Å². The molecule has 1 aromatic carbocycles. The molecule has 3 rings (SSSR count). The molecule has 14 heavy (non-hydrogen) atoms. The predicted octanol–water partition coefficient (Wildman–Crippen LogP) is -1.40. The number of nitrogen functional groups attached to an aromatic ring is 2. The fourth-order valence-corrected chi connectivity index (χ4v) is 1.37. The minimum Gasteiger partial charge on any atom is -0.321 e. The van der Waals surface area contributed by atoms with E-state index >= 15 is 0 Å². The summed E-state index contributed by atoms with van der Waals surface area (Å²) in [5, 5.41) is 15.1. The SMILES string of the molecule is Nn1nnc2cc3c(cc21)nnn3N. The zero-order valence-electron chi connectivity index (χ0n) is 6.99. The fraction of sp³-hybridized carbons (Fsp3) is 0. The van der Waals surface area contributed by atoms with Crippen molar-refractivity contribution >= 4 is 22.1 Å². The molecule has 2 heterocycles. The van der Waals surface area contributed by atoms with E-state index in [0.29, 0.717) is 22.1 Å². The largest absolute Gasteiger partial charge is 0.321 e. The predicted molar refractivity (Wildman–Crippen MR) is 48.9 cm³/mol. The third kappa shape index (κ3) is 0.715. The molecule has 0 aliphatic rings. The Hall–Kier alpha value is -2.38. The van der Waals surface area contributed by atoms with Crippen molar-refractivity contribution in [2.24, 2.45) is 0 Å². The van der Waals surface area contributed by atoms with Crippen molar-refractivity contribution in [2.45, 2.75) is 0 Å². The molecule has 0 spiro atoms. The Morgan fingerprint density at radius 2 is 1.29 bits per heavy atom. The summed E-state index contributed by atoms with van der Waals surface area (Å²) < 4.78 is 0. The van der Waals surface area contributed by atoms with Gasteiger partial charge in [-0.05, 0) is 22.6 Å². The first-order chi connectivity index (χ1) is 6.75. The number of aromatic nitrogens is 6. The van der Waals surface area contributed by atoms with E-state index in [2.05, 4.69) is 20.6 Å². The van der Waals surface area contributed by atoms with Crippen LogP contribution in [-0.4, -0.2) is 30.2 Å². The quantitative estimate of drug-likeness (QED) is 0.421. The molecule has 8 nitrogen and oxygen atoms in total. The Morgan fingerprint density at radius 3 is 1.71 bits per heavy atom. The topological polar surface area (TPSA) is 113 Å². The molecule has 0 radical (unpaired) electrons. The van der Waals surface area contributed by atoms with Gasteiger partial charge in [-0.1, -0.05) is 0 Å². The Labute approximate surface area is 77.0 Å². The van der Waals surface area contributed by atoms with Gasteiger partial charge in [0.2, 0.25) is 0 Å². The smallest absolute Gasteiger partial charge is 0.117 e. The molecule has 4 N–H and O–H groups in total. The highest BCUT2D eigenvalue weighted by molar-refractivity contribution is 5.90. The van der Waals surface area contributed by atoms with Crippen LogP contribution in [0.15, 0.2) is 12.1 Å². The molecule has 8 heteroatoms. The van der Waals surface area contributed by atoms with Gasteiger partial charge >= 0.3 is 0 Å². The molecular weight excluding hydrogens is 184 g/mol. The number of fused-ring (bicyclic) bond motifs is 2. The molecule has 0 unspecified atom stereocenters. The van der Waals surface area contributed by atoms with Gasteiger partial charge in [0.1, 0.15) is 22.1 Å². The van der Waals surface area contributed by atoms with Crippen molar-refractivity contribution in [2.75, 3.05) is 11.7 Å². The average molecular weight is 190 g/mol. The molecule has 0 atom stereocenters. The van der Waals surface area contributed by atoms with E-state index in [-0.39, 0.29) is 0 Å². The molecule has 0 amide bonds. The van der Waals surface area contributed by atoms with Gasteiger partial charge in [0.15, 0.2) is 0 Å². The molecule has 70 valence electrons. The van der Waals surface area contributed by atoms with Crippen LogP contribution in [0.5, 0.6) is 0 Å². The van der Waals surface area contributed by atoms with Gasteiger partial charge in [-0.25, -0.2) is 0 Å². The summed E-state index contributed by atoms with van der Waals surface area (Å²) in [6.07, 6.45) is 0. The third-order valence-electron chi connectivity index (χ3n) is 2.06. The van der Waals surface area contributed by atoms with Crippen molar-refractivity contribution in [3.63, 3.8) is 0 Å². The van der Waals surface area contributed by atoms with E-state index in [4.69, 9.17) is 11.7 Å². The lowest BCUT2D eigenvalue weighted by atomic mass is 10.3. The van der Waals surface area contributed by atoms with Crippen molar-refractivity contribution in [1.29, 1.82) is 0 Å². The summed E-state index contributed by atoms with van der Waals surface area (Å²) in [6.45, 7) is 0. The molecule has 0 saturated heterocycles. The first kappa shape index (κ1) is 7.06. The summed E-state index contributed by atoms with van der Waals surface area (Å²) in [5.41, 5.74) is 2.71. The van der Waals surface area contributed by atoms with E-state index in [9.17, 15) is 0 Å². The summed E-state index contributed by atoms with van der Waals surface area (Å²) >= 11 is 0. The summed E-state index contributed by atoms with van der Waals surface area (Å²) in [7, 11) is 0. The molecule has 2 aromatic heterocycles. The molecule has 0 fully saturated rings. The molecule has 3 aromatic rings. The Balaban J connectivity index is 2.56. The van der Waals surface area contributed by atoms with Crippen molar-refractivity contribution in [3.8, 4) is 0 Å². The van der Waals surface area contributed by atoms with Gasteiger partial charge in [-0.3, -0.25) is 0 Å². The van der Waals surface area contributed by atoms with Crippen LogP contribution >= 0.6 is 0 Å². The van der Waals surface area contributed by atoms with E-state index in [0.717, 1.165) is 0 Å². The van der Waals surface area contributed by atoms with Gasteiger partial charge in [0.25, 0.3) is 0 Å². The van der Waals surface area contributed by atoms with Gasteiger partial charge in [-0.15, -0.1) is 10.2 Å². The number of benzene rings is 1. The minimum atomic E-state index is 0.661. The second-order valence-electron chi connectivity index (χ2n) is 2.90. The highest BCUT2D eigenvalue weighted by Crippen LogP contribution is 2.16. The van der Waals surface area contributed by atoms with E-state index in [1.807, 2.05) is 0 Å². The second-order valence-corrected chi connectivity index (χ2v) is 2.90. The Bertz CT molecular complexity index is 563. The number of hydrogen-bond donors (Lipinski definition) is 2. The zero-order chi connectivity index (χ0) is 9.71. The summed E-state index contributed by atoms with van der Waals surface area (Å²) in [4.78, 5) is 2.37. The standard InChI is InChI=1S/C6H6N8/c7-13-5-1-3-6(14(8)11-9-3)2-4(5)10-12-13/h1-2H,7-8H2. The Kier molecular flexibility index (Phi) is 1.06. The minimum absolute atomic E-state index is 0.661. The number of rotatable bonds is 0. The zero-order valence-corrected chi connectivity index (χ0v) is 6.99. The molecule has 0 saturated carbocycles. The Morgan fingerprint density at radius 1 is 0.857 bits per heavy atom. The highest BCUT2D eigenvalue weighted by atomic mass is 15.6. The first-order valence-corrected chi connectivity index (χ1v) is 3.87. The second kappa shape index (κ2) is 2.10. The molecule has 0 bridgehead atoms. The van der Waals surface area contributed by atoms with Gasteiger partial charge < -0.3 is 11.7 Å². The maximum Gasteiger partial charge on any atom is 0.117 e. The maximum absolute atomic E-state index is 5.53. The van der Waals surface area contributed by atoms with Crippen LogP contribution in [0.2, 0.25) is 0 Å². The van der Waals surface area contributed by atoms with Crippen LogP contribution in [-0.2, 0) is 0 Å². The van der Waals surface area contributed by atoms with Crippen LogP contribution in [0.3, 0.4) is 0 Å². The van der Waals surface area contributed by atoms with Crippen LogP contribution in [0.4, 0.5) is 0 Å². The lowest BCUT2D eigenvalue weighted by molar-refractivity contribution is 0.783. The van der Waals surface area contributed by atoms with E-state index in [1.165, 1.54) is 9.58 Å². The average Bonchev–Trinajstić information content (AvgIpc) is 2.71. The van der Waals surface area contributed by atoms with Crippen molar-refractivity contribution in [1.82, 2.24) is 30.2 Å². The number of nitrogens with zero attached hydrogens (tertiary/aromatic N) is 6. The molecule has 0 aliphatic carbocycles. The van der Waals surface area contributed by atoms with Gasteiger partial charge in [0.05, 0.1) is 0 Å². The monoisotopic (exact) mass is 190 g/mol.